The molecule has 1 aromatic rings. The molecule has 0 unspecified atom stereocenters. The lowest BCUT2D eigenvalue weighted by atomic mass is 9.83. The molecule has 2 nitrogen and oxygen atoms in total. The molecule has 1 fully saturated rings. The molecule has 1 aliphatic rings. The standard InChI is InChI=1S/C17H26BrNO/c1-3-4-13-5-8-16(9-6-13)19-12-14-11-15(18)7-10-17(14)20-2/h7,10-11,13,16,19H,3-6,8-9,12H2,1-2H3. The van der Waals surface area contributed by atoms with Crippen LogP contribution in [0.2, 0.25) is 0 Å². The van der Waals surface area contributed by atoms with Crippen LogP contribution < -0.4 is 10.1 Å². The summed E-state index contributed by atoms with van der Waals surface area (Å²) in [5.74, 6) is 1.94. The van der Waals surface area contributed by atoms with Crippen LogP contribution >= 0.6 is 15.9 Å². The monoisotopic (exact) mass is 339 g/mol. The summed E-state index contributed by atoms with van der Waals surface area (Å²) in [5, 5.41) is 3.70. The molecule has 1 aliphatic carbocycles. The number of hydrogen-bond donors (Lipinski definition) is 1. The minimum atomic E-state index is 0.673. The van der Waals surface area contributed by atoms with Gasteiger partial charge in [0.2, 0.25) is 0 Å². The van der Waals surface area contributed by atoms with Crippen molar-refractivity contribution in [3.63, 3.8) is 0 Å². The molecule has 0 aliphatic heterocycles. The highest BCUT2D eigenvalue weighted by Gasteiger charge is 2.20. The highest BCUT2D eigenvalue weighted by atomic mass is 79.9. The Kier molecular flexibility index (Phi) is 6.37. The number of hydrogen-bond acceptors (Lipinski definition) is 2. The van der Waals surface area contributed by atoms with E-state index in [9.17, 15) is 0 Å². The largest absolute Gasteiger partial charge is 0.496 e. The third-order valence-electron chi connectivity index (χ3n) is 4.37. The van der Waals surface area contributed by atoms with Gasteiger partial charge in [-0.05, 0) is 49.8 Å². The highest BCUT2D eigenvalue weighted by Crippen LogP contribution is 2.28. The first-order valence-electron chi connectivity index (χ1n) is 7.78. The average Bonchev–Trinajstić information content (AvgIpc) is 2.47. The zero-order valence-electron chi connectivity index (χ0n) is 12.6. The van der Waals surface area contributed by atoms with Crippen LogP contribution in [0, 0.1) is 5.92 Å². The normalized spacial score (nSPS) is 22.8. The predicted octanol–water partition coefficient (Wildman–Crippen LogP) is 4.91. The number of ether oxygens (including phenoxy) is 1. The molecule has 0 saturated heterocycles. The quantitative estimate of drug-likeness (QED) is 0.795. The van der Waals surface area contributed by atoms with Crippen LogP contribution in [0.25, 0.3) is 0 Å². The van der Waals surface area contributed by atoms with Crippen LogP contribution in [0.3, 0.4) is 0 Å². The topological polar surface area (TPSA) is 21.3 Å². The molecule has 1 aromatic carbocycles. The van der Waals surface area contributed by atoms with E-state index in [0.29, 0.717) is 6.04 Å². The minimum absolute atomic E-state index is 0.673. The van der Waals surface area contributed by atoms with Crippen molar-refractivity contribution < 1.29 is 4.74 Å². The maximum atomic E-state index is 5.43. The van der Waals surface area contributed by atoms with Crippen molar-refractivity contribution in [3.05, 3.63) is 28.2 Å². The van der Waals surface area contributed by atoms with Crippen LogP contribution in [0.5, 0.6) is 5.75 Å². The number of benzene rings is 1. The van der Waals surface area contributed by atoms with E-state index >= 15 is 0 Å². The predicted molar refractivity (Wildman–Crippen MR) is 88.2 cm³/mol. The van der Waals surface area contributed by atoms with E-state index in [1.54, 1.807) is 7.11 Å². The summed E-state index contributed by atoms with van der Waals surface area (Å²) in [7, 11) is 1.74. The van der Waals surface area contributed by atoms with E-state index in [-0.39, 0.29) is 0 Å². The fourth-order valence-corrected chi connectivity index (χ4v) is 3.61. The lowest BCUT2D eigenvalue weighted by Gasteiger charge is -2.29. The average molecular weight is 340 g/mol. The van der Waals surface area contributed by atoms with Gasteiger partial charge in [-0.2, -0.15) is 0 Å². The summed E-state index contributed by atoms with van der Waals surface area (Å²) in [5.41, 5.74) is 1.23. The molecule has 0 amide bonds. The first-order valence-corrected chi connectivity index (χ1v) is 8.58. The van der Waals surface area contributed by atoms with Crippen LogP contribution in [0.1, 0.15) is 51.0 Å². The summed E-state index contributed by atoms with van der Waals surface area (Å²) in [6, 6.07) is 6.87. The van der Waals surface area contributed by atoms with Crippen molar-refractivity contribution in [2.45, 2.75) is 58.0 Å². The van der Waals surface area contributed by atoms with Gasteiger partial charge >= 0.3 is 0 Å². The molecule has 0 atom stereocenters. The van der Waals surface area contributed by atoms with Crippen LogP contribution in [0.4, 0.5) is 0 Å². The Balaban J connectivity index is 1.83. The Bertz CT molecular complexity index is 413. The van der Waals surface area contributed by atoms with Crippen molar-refractivity contribution in [3.8, 4) is 5.75 Å². The van der Waals surface area contributed by atoms with Gasteiger partial charge in [0.15, 0.2) is 0 Å². The molecule has 0 bridgehead atoms. The fourth-order valence-electron chi connectivity index (χ4n) is 3.20. The van der Waals surface area contributed by atoms with Gasteiger partial charge in [-0.3, -0.25) is 0 Å². The molecule has 1 saturated carbocycles. The van der Waals surface area contributed by atoms with Gasteiger partial charge in [0.1, 0.15) is 5.75 Å². The number of nitrogens with one attached hydrogen (secondary N) is 1. The summed E-state index contributed by atoms with van der Waals surface area (Å²) in [6.45, 7) is 3.19. The molecular weight excluding hydrogens is 314 g/mol. The molecule has 0 heterocycles. The smallest absolute Gasteiger partial charge is 0.123 e. The second-order valence-electron chi connectivity index (χ2n) is 5.84. The molecular formula is C17H26BrNO. The second kappa shape index (κ2) is 8.04. The Labute approximate surface area is 131 Å². The Hall–Kier alpha value is -0.540. The van der Waals surface area contributed by atoms with Crippen molar-refractivity contribution >= 4 is 15.9 Å². The number of halogens is 1. The van der Waals surface area contributed by atoms with E-state index in [1.165, 1.54) is 44.1 Å². The van der Waals surface area contributed by atoms with E-state index in [1.807, 2.05) is 12.1 Å². The Morgan fingerprint density at radius 2 is 2.00 bits per heavy atom. The van der Waals surface area contributed by atoms with Crippen molar-refractivity contribution in [1.82, 2.24) is 5.32 Å². The molecule has 3 heteroatoms. The molecule has 0 radical (unpaired) electrons. The van der Waals surface area contributed by atoms with E-state index in [2.05, 4.69) is 34.2 Å². The number of methoxy groups -OCH3 is 1. The van der Waals surface area contributed by atoms with Gasteiger partial charge in [-0.1, -0.05) is 35.7 Å². The van der Waals surface area contributed by atoms with Gasteiger partial charge in [0, 0.05) is 22.6 Å². The van der Waals surface area contributed by atoms with Gasteiger partial charge in [-0.15, -0.1) is 0 Å². The number of rotatable bonds is 6. The van der Waals surface area contributed by atoms with Crippen LogP contribution in [-0.4, -0.2) is 13.2 Å². The summed E-state index contributed by atoms with van der Waals surface area (Å²) >= 11 is 3.53. The fraction of sp³-hybridized carbons (Fsp3) is 0.647. The molecule has 0 spiro atoms. The van der Waals surface area contributed by atoms with E-state index < -0.39 is 0 Å². The van der Waals surface area contributed by atoms with Gasteiger partial charge in [0.05, 0.1) is 7.11 Å². The first kappa shape index (κ1) is 15.8. The van der Waals surface area contributed by atoms with E-state index in [4.69, 9.17) is 4.74 Å². The Morgan fingerprint density at radius 1 is 1.25 bits per heavy atom. The molecule has 1 N–H and O–H groups in total. The van der Waals surface area contributed by atoms with Crippen molar-refractivity contribution in [1.29, 1.82) is 0 Å². The van der Waals surface area contributed by atoms with E-state index in [0.717, 1.165) is 22.7 Å². The van der Waals surface area contributed by atoms with Gasteiger partial charge in [0.25, 0.3) is 0 Å². The third kappa shape index (κ3) is 4.49. The molecule has 2 rings (SSSR count). The molecule has 0 aromatic heterocycles. The van der Waals surface area contributed by atoms with Crippen molar-refractivity contribution in [2.75, 3.05) is 7.11 Å². The maximum absolute atomic E-state index is 5.43. The van der Waals surface area contributed by atoms with Gasteiger partial charge < -0.3 is 10.1 Å². The molecule has 20 heavy (non-hydrogen) atoms. The summed E-state index contributed by atoms with van der Waals surface area (Å²) < 4.78 is 6.54. The highest BCUT2D eigenvalue weighted by molar-refractivity contribution is 9.10. The second-order valence-corrected chi connectivity index (χ2v) is 6.76. The lowest BCUT2D eigenvalue weighted by molar-refractivity contribution is 0.277. The minimum Gasteiger partial charge on any atom is -0.496 e. The SMILES string of the molecule is CCCC1CCC(NCc2cc(Br)ccc2OC)CC1. The lowest BCUT2D eigenvalue weighted by Crippen LogP contribution is -2.32. The van der Waals surface area contributed by atoms with Crippen LogP contribution in [-0.2, 0) is 6.54 Å². The summed E-state index contributed by atoms with van der Waals surface area (Å²) in [4.78, 5) is 0. The van der Waals surface area contributed by atoms with Gasteiger partial charge in [-0.25, -0.2) is 0 Å². The first-order chi connectivity index (χ1) is 9.72. The Morgan fingerprint density at radius 3 is 2.65 bits per heavy atom. The zero-order valence-corrected chi connectivity index (χ0v) is 14.2. The molecule has 112 valence electrons. The maximum Gasteiger partial charge on any atom is 0.123 e. The van der Waals surface area contributed by atoms with Crippen LogP contribution in [0.15, 0.2) is 22.7 Å². The third-order valence-corrected chi connectivity index (χ3v) is 4.86. The van der Waals surface area contributed by atoms with Crippen molar-refractivity contribution in [2.24, 2.45) is 5.92 Å². The zero-order chi connectivity index (χ0) is 14.4. The summed E-state index contributed by atoms with van der Waals surface area (Å²) in [6.07, 6.45) is 8.16.